The molecule has 2 heterocycles. The van der Waals surface area contributed by atoms with Crippen LogP contribution in [0.3, 0.4) is 0 Å². The second-order valence-corrected chi connectivity index (χ2v) is 9.65. The Bertz CT molecular complexity index is 1230. The van der Waals surface area contributed by atoms with E-state index in [-0.39, 0.29) is 11.8 Å². The maximum Gasteiger partial charge on any atom is 0.245 e. The van der Waals surface area contributed by atoms with E-state index in [1.807, 2.05) is 36.4 Å². The van der Waals surface area contributed by atoms with Crippen LogP contribution in [0.15, 0.2) is 67.1 Å². The van der Waals surface area contributed by atoms with Crippen LogP contribution in [0.1, 0.15) is 42.1 Å². The maximum atomic E-state index is 13.7. The largest absolute Gasteiger partial charge is 0.497 e. The first-order valence-corrected chi connectivity index (χ1v) is 13.0. The third-order valence-electron chi connectivity index (χ3n) is 6.85. The highest BCUT2D eigenvalue weighted by Gasteiger charge is 2.49. The summed E-state index contributed by atoms with van der Waals surface area (Å²) in [4.78, 5) is 35.3. The van der Waals surface area contributed by atoms with Gasteiger partial charge in [0.2, 0.25) is 11.8 Å². The molecule has 1 atom stereocenters. The Balaban J connectivity index is 1.51. The van der Waals surface area contributed by atoms with Gasteiger partial charge in [-0.1, -0.05) is 49.7 Å². The first-order valence-electron chi connectivity index (χ1n) is 13.0. The van der Waals surface area contributed by atoms with E-state index in [1.54, 1.807) is 30.6 Å². The number of nitrogens with one attached hydrogen (secondary N) is 2. The number of unbranched alkanes of at least 4 members (excludes halogenated alkanes) is 1. The van der Waals surface area contributed by atoms with Crippen LogP contribution >= 0.6 is 0 Å². The molecule has 2 N–H and O–H groups in total. The molecule has 0 aliphatic carbocycles. The van der Waals surface area contributed by atoms with Crippen molar-refractivity contribution < 1.29 is 19.1 Å². The summed E-state index contributed by atoms with van der Waals surface area (Å²) in [6.45, 7) is 5.73. The monoisotopic (exact) mass is 516 g/mol. The van der Waals surface area contributed by atoms with Gasteiger partial charge in [-0.3, -0.25) is 9.59 Å². The SMILES string of the molecule is CCCCOC1(c2ccccc2C)CN(C(=O)[C@@H](Cc2ccc(OC)cc2)NC(=O)C=Cc2c[nH]cn2)C1. The Labute approximate surface area is 224 Å². The predicted molar refractivity (Wildman–Crippen MR) is 147 cm³/mol. The average Bonchev–Trinajstić information content (AvgIpc) is 3.43. The summed E-state index contributed by atoms with van der Waals surface area (Å²) in [7, 11) is 1.61. The molecule has 8 heteroatoms. The van der Waals surface area contributed by atoms with Gasteiger partial charge in [-0.05, 0) is 48.2 Å². The van der Waals surface area contributed by atoms with Crippen molar-refractivity contribution in [2.45, 2.75) is 44.8 Å². The molecule has 2 aromatic carbocycles. The number of benzene rings is 2. The Morgan fingerprint density at radius 2 is 1.95 bits per heavy atom. The van der Waals surface area contributed by atoms with Gasteiger partial charge in [0.05, 0.1) is 32.2 Å². The van der Waals surface area contributed by atoms with Crippen molar-refractivity contribution in [3.63, 3.8) is 0 Å². The average molecular weight is 517 g/mol. The molecule has 1 aliphatic heterocycles. The second kappa shape index (κ2) is 12.6. The number of aryl methyl sites for hydroxylation is 1. The van der Waals surface area contributed by atoms with Crippen molar-refractivity contribution in [1.82, 2.24) is 20.2 Å². The molecule has 1 aliphatic rings. The van der Waals surface area contributed by atoms with Gasteiger partial charge in [-0.2, -0.15) is 0 Å². The predicted octanol–water partition coefficient (Wildman–Crippen LogP) is 4.02. The number of nitrogens with zero attached hydrogens (tertiary/aromatic N) is 2. The summed E-state index contributed by atoms with van der Waals surface area (Å²) >= 11 is 0. The van der Waals surface area contributed by atoms with Crippen molar-refractivity contribution in [2.75, 3.05) is 26.8 Å². The zero-order valence-corrected chi connectivity index (χ0v) is 22.3. The maximum absolute atomic E-state index is 13.7. The van der Waals surface area contributed by atoms with Crippen molar-refractivity contribution >= 4 is 17.9 Å². The van der Waals surface area contributed by atoms with Gasteiger partial charge in [0.15, 0.2) is 0 Å². The van der Waals surface area contributed by atoms with E-state index in [0.29, 0.717) is 31.8 Å². The Morgan fingerprint density at radius 3 is 2.61 bits per heavy atom. The van der Waals surface area contributed by atoms with Crippen LogP contribution in [-0.4, -0.2) is 59.5 Å². The van der Waals surface area contributed by atoms with E-state index < -0.39 is 11.6 Å². The third-order valence-corrected chi connectivity index (χ3v) is 6.85. The quantitative estimate of drug-likeness (QED) is 0.280. The van der Waals surface area contributed by atoms with Crippen LogP contribution in [0, 0.1) is 6.92 Å². The van der Waals surface area contributed by atoms with Gasteiger partial charge in [0, 0.05) is 25.3 Å². The van der Waals surface area contributed by atoms with E-state index in [1.165, 1.54) is 6.08 Å². The number of likely N-dealkylation sites (tertiary alicyclic amines) is 1. The van der Waals surface area contributed by atoms with Crippen LogP contribution in [0.4, 0.5) is 0 Å². The van der Waals surface area contributed by atoms with Crippen molar-refractivity contribution in [3.05, 3.63) is 89.5 Å². The number of H-pyrrole nitrogens is 1. The van der Waals surface area contributed by atoms with Gasteiger partial charge < -0.3 is 24.7 Å². The number of imidazole rings is 1. The number of hydrogen-bond donors (Lipinski definition) is 2. The minimum atomic E-state index is -0.731. The van der Waals surface area contributed by atoms with Crippen LogP contribution in [0.2, 0.25) is 0 Å². The number of amides is 2. The first kappa shape index (κ1) is 27.1. The fourth-order valence-corrected chi connectivity index (χ4v) is 4.72. The molecule has 0 radical (unpaired) electrons. The highest BCUT2D eigenvalue weighted by atomic mass is 16.5. The van der Waals surface area contributed by atoms with Crippen molar-refractivity contribution in [2.24, 2.45) is 0 Å². The van der Waals surface area contributed by atoms with E-state index in [0.717, 1.165) is 35.3 Å². The summed E-state index contributed by atoms with van der Waals surface area (Å²) in [6, 6.07) is 15.0. The van der Waals surface area contributed by atoms with Gasteiger partial charge in [-0.15, -0.1) is 0 Å². The van der Waals surface area contributed by atoms with Gasteiger partial charge >= 0.3 is 0 Å². The van der Waals surface area contributed by atoms with E-state index in [9.17, 15) is 9.59 Å². The van der Waals surface area contributed by atoms with Gasteiger partial charge in [0.1, 0.15) is 17.4 Å². The minimum absolute atomic E-state index is 0.134. The summed E-state index contributed by atoms with van der Waals surface area (Å²) in [6.07, 6.45) is 8.58. The Hall–Kier alpha value is -3.91. The molecule has 8 nitrogen and oxygen atoms in total. The third kappa shape index (κ3) is 6.50. The minimum Gasteiger partial charge on any atom is -0.497 e. The molecule has 0 spiro atoms. The van der Waals surface area contributed by atoms with Gasteiger partial charge in [-0.25, -0.2) is 4.98 Å². The lowest BCUT2D eigenvalue weighted by Gasteiger charge is -2.51. The molecule has 1 aromatic heterocycles. The van der Waals surface area contributed by atoms with E-state index >= 15 is 0 Å². The van der Waals surface area contributed by atoms with E-state index in [4.69, 9.17) is 9.47 Å². The van der Waals surface area contributed by atoms with Gasteiger partial charge in [0.25, 0.3) is 0 Å². The molecular formula is C30H36N4O4. The molecule has 38 heavy (non-hydrogen) atoms. The fourth-order valence-electron chi connectivity index (χ4n) is 4.72. The molecule has 0 bridgehead atoms. The number of carbonyl (C=O) groups is 2. The molecule has 200 valence electrons. The standard InChI is InChI=1S/C30H36N4O4/c1-4-5-16-38-30(26-9-7-6-8-22(26)2)19-34(20-30)29(36)27(17-23-10-13-25(37-3)14-11-23)33-28(35)15-12-24-18-31-21-32-24/h6-15,18,21,27H,4-5,16-17,19-20H2,1-3H3,(H,31,32)(H,33,35)/t27-/m1/s1. The smallest absolute Gasteiger partial charge is 0.245 e. The summed E-state index contributed by atoms with van der Waals surface area (Å²) in [5, 5.41) is 2.91. The summed E-state index contributed by atoms with van der Waals surface area (Å²) in [5.41, 5.74) is 3.27. The number of aromatic nitrogens is 2. The molecule has 0 unspecified atom stereocenters. The first-order chi connectivity index (χ1) is 18.4. The zero-order chi connectivity index (χ0) is 27.0. The molecule has 1 fully saturated rings. The lowest BCUT2D eigenvalue weighted by Crippen LogP contribution is -2.66. The summed E-state index contributed by atoms with van der Waals surface area (Å²) in [5.74, 6) is 0.243. The lowest BCUT2D eigenvalue weighted by molar-refractivity contribution is -0.175. The topological polar surface area (TPSA) is 96.5 Å². The van der Waals surface area contributed by atoms with Crippen molar-refractivity contribution in [1.29, 1.82) is 0 Å². The fraction of sp³-hybridized carbons (Fsp3) is 0.367. The molecular weight excluding hydrogens is 480 g/mol. The molecule has 3 aromatic rings. The van der Waals surface area contributed by atoms with Crippen LogP contribution < -0.4 is 10.1 Å². The molecule has 1 saturated heterocycles. The van der Waals surface area contributed by atoms with Crippen molar-refractivity contribution in [3.8, 4) is 5.75 Å². The van der Waals surface area contributed by atoms with Crippen LogP contribution in [0.25, 0.3) is 6.08 Å². The van der Waals surface area contributed by atoms with Crippen LogP contribution in [-0.2, 0) is 26.3 Å². The van der Waals surface area contributed by atoms with Crippen LogP contribution in [0.5, 0.6) is 5.75 Å². The summed E-state index contributed by atoms with van der Waals surface area (Å²) < 4.78 is 11.7. The Morgan fingerprint density at radius 1 is 1.18 bits per heavy atom. The molecule has 4 rings (SSSR count). The molecule has 2 amide bonds. The highest BCUT2D eigenvalue weighted by molar-refractivity contribution is 5.95. The number of aromatic amines is 1. The van der Waals surface area contributed by atoms with E-state index in [2.05, 4.69) is 41.3 Å². The second-order valence-electron chi connectivity index (χ2n) is 9.65. The number of rotatable bonds is 12. The number of carbonyl (C=O) groups excluding carboxylic acids is 2. The molecule has 0 saturated carbocycles. The number of methoxy groups -OCH3 is 1. The normalized spacial score (nSPS) is 15.2. The lowest BCUT2D eigenvalue weighted by atomic mass is 9.82. The number of ether oxygens (including phenoxy) is 2. The zero-order valence-electron chi connectivity index (χ0n) is 22.3. The highest BCUT2D eigenvalue weighted by Crippen LogP contribution is 2.38. The Kier molecular flexibility index (Phi) is 8.97. The number of hydrogen-bond acceptors (Lipinski definition) is 5.